The van der Waals surface area contributed by atoms with Crippen LogP contribution in [0.1, 0.15) is 37.8 Å². The number of hydrogen-bond donors (Lipinski definition) is 2. The molecule has 11 heteroatoms. The van der Waals surface area contributed by atoms with Crippen molar-refractivity contribution in [3.63, 3.8) is 0 Å². The minimum atomic E-state index is -1.13. The van der Waals surface area contributed by atoms with Crippen molar-refractivity contribution < 1.29 is 9.32 Å². The van der Waals surface area contributed by atoms with Crippen LogP contribution in [0.3, 0.4) is 0 Å². The molecule has 1 saturated carbocycles. The van der Waals surface area contributed by atoms with Crippen molar-refractivity contribution in [3.05, 3.63) is 34.3 Å². The van der Waals surface area contributed by atoms with Crippen LogP contribution in [0.25, 0.3) is 0 Å². The van der Waals surface area contributed by atoms with Crippen LogP contribution in [0.4, 0.5) is 17.7 Å². The number of aliphatic hydroxyl groups excluding tert-OH is 1. The second kappa shape index (κ2) is 8.73. The quantitative estimate of drug-likeness (QED) is 0.597. The Hall–Kier alpha value is -2.30. The van der Waals surface area contributed by atoms with E-state index in [1.807, 2.05) is 0 Å². The van der Waals surface area contributed by atoms with Gasteiger partial charge in [0.2, 0.25) is 11.9 Å². The number of rotatable bonds is 5. The lowest BCUT2D eigenvalue weighted by Gasteiger charge is -2.42. The van der Waals surface area contributed by atoms with Crippen molar-refractivity contribution in [2.75, 3.05) is 53.7 Å². The molecule has 0 spiro atoms. The Morgan fingerprint density at radius 1 is 1.00 bits per heavy atom. The Morgan fingerprint density at radius 3 is 2.29 bits per heavy atom. The van der Waals surface area contributed by atoms with Gasteiger partial charge in [-0.1, -0.05) is 11.6 Å². The molecule has 1 atom stereocenters. The summed E-state index contributed by atoms with van der Waals surface area (Å²) in [7, 11) is -1.13. The number of hydrogen-bond acceptors (Lipinski definition) is 9. The lowest BCUT2D eigenvalue weighted by Crippen LogP contribution is -2.49. The van der Waals surface area contributed by atoms with Gasteiger partial charge in [0, 0.05) is 31.9 Å². The summed E-state index contributed by atoms with van der Waals surface area (Å²) in [5, 5.41) is 14.1. The zero-order valence-corrected chi connectivity index (χ0v) is 20.5. The topological polar surface area (TPSA) is 107 Å². The smallest absolute Gasteiger partial charge is 0.228 e. The molecule has 1 fully saturated rings. The monoisotopic (exact) mass is 501 g/mol. The van der Waals surface area contributed by atoms with Gasteiger partial charge in [-0.05, 0) is 49.7 Å². The number of nitrogens with zero attached hydrogens (tertiary/aromatic N) is 6. The fraction of sp³-hybridized carbons (Fsp3) is 0.565. The van der Waals surface area contributed by atoms with Crippen LogP contribution in [-0.4, -0.2) is 73.3 Å². The van der Waals surface area contributed by atoms with E-state index in [2.05, 4.69) is 25.1 Å². The molecule has 6 rings (SSSR count). The lowest BCUT2D eigenvalue weighted by atomic mass is 9.77. The average Bonchev–Trinajstić information content (AvgIpc) is 3.33. The van der Waals surface area contributed by atoms with Crippen molar-refractivity contribution in [2.45, 2.75) is 49.0 Å². The molecule has 5 heterocycles. The van der Waals surface area contributed by atoms with Gasteiger partial charge < -0.3 is 20.2 Å². The molecular formula is C23H28ClN7O2S. The minimum Gasteiger partial charge on any atom is -0.394 e. The molecule has 2 aromatic heterocycles. The van der Waals surface area contributed by atoms with Gasteiger partial charge in [0.1, 0.15) is 10.7 Å². The fourth-order valence-electron chi connectivity index (χ4n) is 5.26. The predicted octanol–water partition coefficient (Wildman–Crippen LogP) is 2.33. The molecule has 0 saturated heterocycles. The van der Waals surface area contributed by atoms with Crippen LogP contribution in [0.5, 0.6) is 0 Å². The van der Waals surface area contributed by atoms with Crippen molar-refractivity contribution >= 4 is 40.1 Å². The predicted molar refractivity (Wildman–Crippen MR) is 132 cm³/mol. The Bertz CT molecular complexity index is 1150. The molecule has 0 bridgehead atoms. The van der Waals surface area contributed by atoms with Crippen LogP contribution >= 0.6 is 11.6 Å². The SMILES string of the molecule is O=S1CCCCc2nc(N3CC4=C(CN(c5ncc(Cl)cn5)C4)C3)nc(NC3(CO)CCC3)c21. The molecule has 2 aromatic rings. The number of fused-ring (bicyclic) bond motifs is 1. The van der Waals surface area contributed by atoms with E-state index < -0.39 is 10.8 Å². The molecule has 1 unspecified atom stereocenters. The average molecular weight is 502 g/mol. The first-order valence-electron chi connectivity index (χ1n) is 11.9. The molecule has 2 N–H and O–H groups in total. The molecule has 3 aliphatic heterocycles. The van der Waals surface area contributed by atoms with E-state index in [-0.39, 0.29) is 12.1 Å². The Balaban J connectivity index is 1.25. The van der Waals surface area contributed by atoms with Gasteiger partial charge in [0.15, 0.2) is 0 Å². The maximum atomic E-state index is 13.1. The third-order valence-electron chi connectivity index (χ3n) is 7.34. The first kappa shape index (κ1) is 22.2. The molecule has 180 valence electrons. The summed E-state index contributed by atoms with van der Waals surface area (Å²) in [5.41, 5.74) is 3.22. The van der Waals surface area contributed by atoms with E-state index in [0.717, 1.165) is 75.3 Å². The fourth-order valence-corrected chi connectivity index (χ4v) is 6.75. The summed E-state index contributed by atoms with van der Waals surface area (Å²) in [4.78, 5) is 23.6. The second-order valence-electron chi connectivity index (χ2n) is 9.69. The molecule has 0 radical (unpaired) electrons. The van der Waals surface area contributed by atoms with Crippen LogP contribution in [-0.2, 0) is 17.2 Å². The van der Waals surface area contributed by atoms with Gasteiger partial charge in [-0.3, -0.25) is 4.21 Å². The number of anilines is 3. The van der Waals surface area contributed by atoms with Crippen molar-refractivity contribution in [1.29, 1.82) is 0 Å². The summed E-state index contributed by atoms with van der Waals surface area (Å²) in [5.74, 6) is 2.66. The normalized spacial score (nSPS) is 23.4. The van der Waals surface area contributed by atoms with E-state index in [4.69, 9.17) is 21.6 Å². The van der Waals surface area contributed by atoms with Gasteiger partial charge in [-0.15, -0.1) is 0 Å². The molecule has 34 heavy (non-hydrogen) atoms. The number of aliphatic hydroxyl groups is 1. The molecule has 0 aromatic carbocycles. The second-order valence-corrected chi connectivity index (χ2v) is 11.6. The summed E-state index contributed by atoms with van der Waals surface area (Å²) in [6.45, 7) is 3.12. The number of halogens is 1. The van der Waals surface area contributed by atoms with Crippen molar-refractivity contribution in [2.24, 2.45) is 0 Å². The van der Waals surface area contributed by atoms with Gasteiger partial charge in [0.25, 0.3) is 0 Å². The van der Waals surface area contributed by atoms with Gasteiger partial charge in [-0.2, -0.15) is 4.98 Å². The molecule has 0 amide bonds. The summed E-state index contributed by atoms with van der Waals surface area (Å²) in [6, 6.07) is 0. The van der Waals surface area contributed by atoms with E-state index >= 15 is 0 Å². The summed E-state index contributed by atoms with van der Waals surface area (Å²) in [6.07, 6.45) is 8.83. The summed E-state index contributed by atoms with van der Waals surface area (Å²) >= 11 is 5.93. The first-order chi connectivity index (χ1) is 16.5. The van der Waals surface area contributed by atoms with Crippen molar-refractivity contribution in [1.82, 2.24) is 19.9 Å². The first-order valence-corrected chi connectivity index (χ1v) is 13.6. The highest BCUT2D eigenvalue weighted by Gasteiger charge is 2.39. The minimum absolute atomic E-state index is 0.0515. The number of aryl methyl sites for hydroxylation is 1. The van der Waals surface area contributed by atoms with Crippen LogP contribution < -0.4 is 15.1 Å². The Labute approximate surface area is 206 Å². The van der Waals surface area contributed by atoms with Crippen LogP contribution in [0, 0.1) is 0 Å². The Kier molecular flexibility index (Phi) is 5.69. The van der Waals surface area contributed by atoms with Crippen molar-refractivity contribution in [3.8, 4) is 0 Å². The van der Waals surface area contributed by atoms with Crippen LogP contribution in [0.2, 0.25) is 5.02 Å². The number of nitrogens with one attached hydrogen (secondary N) is 1. The molecule has 1 aliphatic carbocycles. The lowest BCUT2D eigenvalue weighted by molar-refractivity contribution is 0.143. The van der Waals surface area contributed by atoms with Gasteiger partial charge in [0.05, 0.1) is 46.1 Å². The number of aromatic nitrogens is 4. The van der Waals surface area contributed by atoms with E-state index in [1.54, 1.807) is 12.4 Å². The van der Waals surface area contributed by atoms with Crippen LogP contribution in [0.15, 0.2) is 28.4 Å². The maximum Gasteiger partial charge on any atom is 0.228 e. The molecule has 9 nitrogen and oxygen atoms in total. The highest BCUT2D eigenvalue weighted by molar-refractivity contribution is 7.85. The summed E-state index contributed by atoms with van der Waals surface area (Å²) < 4.78 is 13.1. The molecular weight excluding hydrogens is 474 g/mol. The molecule has 4 aliphatic rings. The zero-order valence-electron chi connectivity index (χ0n) is 19.0. The van der Waals surface area contributed by atoms with E-state index in [1.165, 1.54) is 11.1 Å². The maximum absolute atomic E-state index is 13.1. The zero-order chi connectivity index (χ0) is 23.3. The third-order valence-corrected chi connectivity index (χ3v) is 9.08. The largest absolute Gasteiger partial charge is 0.394 e. The van der Waals surface area contributed by atoms with Gasteiger partial charge in [-0.25, -0.2) is 15.0 Å². The highest BCUT2D eigenvalue weighted by atomic mass is 35.5. The third kappa shape index (κ3) is 3.95. The Morgan fingerprint density at radius 2 is 1.68 bits per heavy atom. The standard InChI is InChI=1S/C23H28ClN7O2S/c24-17-8-25-21(26-9-17)30-10-15-12-31(13-16(15)11-30)22-27-18-4-1-2-7-34(33)19(18)20(28-22)29-23(14-32)5-3-6-23/h8-9,32H,1-7,10-14H2,(H,27,28,29). The van der Waals surface area contributed by atoms with E-state index in [0.29, 0.717) is 28.5 Å². The van der Waals surface area contributed by atoms with Gasteiger partial charge >= 0.3 is 0 Å². The van der Waals surface area contributed by atoms with E-state index in [9.17, 15) is 9.32 Å². The highest BCUT2D eigenvalue weighted by Crippen LogP contribution is 2.38.